The first-order chi connectivity index (χ1) is 15.3. The summed E-state index contributed by atoms with van der Waals surface area (Å²) in [5, 5.41) is 7.41. The number of fused-ring (bicyclic) bond motifs is 2. The largest absolute Gasteiger partial charge is 0.388 e. The molecule has 2 aromatic carbocycles. The van der Waals surface area contributed by atoms with Crippen LogP contribution in [0.15, 0.2) is 81.2 Å². The topological polar surface area (TPSA) is 92.3 Å². The normalized spacial score (nSPS) is 16.3. The molecule has 0 atom stereocenters. The Labute approximate surface area is 218 Å². The number of hydrogen-bond acceptors (Lipinski definition) is 6. The Balaban J connectivity index is 0. The van der Waals surface area contributed by atoms with Gasteiger partial charge >= 0.3 is 0 Å². The van der Waals surface area contributed by atoms with Crippen molar-refractivity contribution in [2.45, 2.75) is 65.2 Å². The molecule has 0 amide bonds. The molecule has 0 unspecified atom stereocenters. The van der Waals surface area contributed by atoms with Crippen LogP contribution in [0.3, 0.4) is 0 Å². The van der Waals surface area contributed by atoms with E-state index in [9.17, 15) is 16.8 Å². The molecule has 0 aromatic heterocycles. The Hall–Kier alpha value is -2.13. The minimum Gasteiger partial charge on any atom is -0.388 e. The Morgan fingerprint density at radius 3 is 1.79 bits per heavy atom. The zero-order valence-electron chi connectivity index (χ0n) is 20.0. The van der Waals surface area contributed by atoms with Crippen LogP contribution in [0.1, 0.15) is 55.4 Å². The van der Waals surface area contributed by atoms with Crippen LogP contribution in [0.2, 0.25) is 0 Å². The van der Waals surface area contributed by atoms with Crippen LogP contribution in [0.5, 0.6) is 0 Å². The van der Waals surface area contributed by atoms with Gasteiger partial charge in [0.15, 0.2) is 0 Å². The van der Waals surface area contributed by atoms with Gasteiger partial charge in [-0.3, -0.25) is 0 Å². The van der Waals surface area contributed by atoms with Crippen LogP contribution in [0.25, 0.3) is 0 Å². The predicted molar refractivity (Wildman–Crippen MR) is 140 cm³/mol. The van der Waals surface area contributed by atoms with Gasteiger partial charge in [-0.2, -0.15) is 0 Å². The quantitative estimate of drug-likeness (QED) is 0.385. The van der Waals surface area contributed by atoms with Crippen LogP contribution < -0.4 is 10.6 Å². The van der Waals surface area contributed by atoms with Gasteiger partial charge in [0.05, 0.1) is 26.6 Å². The van der Waals surface area contributed by atoms with Crippen LogP contribution in [-0.2, 0) is 38.2 Å². The van der Waals surface area contributed by atoms with E-state index in [2.05, 4.69) is 10.6 Å². The summed E-state index contributed by atoms with van der Waals surface area (Å²) in [6.45, 7) is 11.7. The molecule has 2 aliphatic rings. The number of anilines is 2. The van der Waals surface area contributed by atoms with Crippen molar-refractivity contribution >= 4 is 31.0 Å². The van der Waals surface area contributed by atoms with Gasteiger partial charge < -0.3 is 10.6 Å². The van der Waals surface area contributed by atoms with E-state index in [1.165, 1.54) is 11.2 Å². The van der Waals surface area contributed by atoms with E-state index in [1.807, 2.05) is 40.7 Å². The van der Waals surface area contributed by atoms with E-state index in [0.29, 0.717) is 33.3 Å². The van der Waals surface area contributed by atoms with Gasteiger partial charge in [-0.05, 0) is 30.7 Å². The molecule has 2 aliphatic heterocycles. The molecule has 2 aromatic rings. The Bertz CT molecular complexity index is 1170. The third-order valence-corrected chi connectivity index (χ3v) is 7.33. The van der Waals surface area contributed by atoms with Gasteiger partial charge in [0.2, 0.25) is 9.84 Å². The molecule has 1 radical (unpaired) electrons. The van der Waals surface area contributed by atoms with E-state index in [0.717, 1.165) is 5.70 Å². The standard InChI is InChI=1S/C10H11NO2S.C10H10NO2S.2C2H6.CH4.V/c2*1-2-8-7-14(12,13)10-6-4-3-5-9(10)11-8;2*1-2;;/h3-7,11H,2H2,1H3;2-7,11H,1H3;2*1-2H3;1H4;/q;-1;;;;. The fourth-order valence-corrected chi connectivity index (χ4v) is 5.59. The molecule has 189 valence electrons. The molecule has 2 heterocycles. The molecular weight excluding hydrogens is 507 g/mol. The zero-order chi connectivity index (χ0) is 24.4. The molecule has 34 heavy (non-hydrogen) atoms. The number of allylic oxidation sites excluding steroid dienone is 2. The summed E-state index contributed by atoms with van der Waals surface area (Å²) in [5.74, 6) is 1.25. The molecule has 0 fully saturated rings. The summed E-state index contributed by atoms with van der Waals surface area (Å²) >= 11 is 0. The summed E-state index contributed by atoms with van der Waals surface area (Å²) in [5.41, 5.74) is 2.67. The summed E-state index contributed by atoms with van der Waals surface area (Å²) in [7, 11) is -6.49. The monoisotopic (exact) mass is 544 g/mol. The van der Waals surface area contributed by atoms with Gasteiger partial charge in [0.1, 0.15) is 9.84 Å². The van der Waals surface area contributed by atoms with E-state index < -0.39 is 19.7 Å². The molecule has 0 saturated carbocycles. The van der Waals surface area contributed by atoms with Crippen molar-refractivity contribution in [1.82, 2.24) is 0 Å². The predicted octanol–water partition coefficient (Wildman–Crippen LogP) is 6.77. The van der Waals surface area contributed by atoms with E-state index >= 15 is 0 Å². The van der Waals surface area contributed by atoms with Gasteiger partial charge in [0, 0.05) is 24.3 Å². The zero-order valence-corrected chi connectivity index (χ0v) is 23.0. The molecule has 2 N–H and O–H groups in total. The van der Waals surface area contributed by atoms with Gasteiger partial charge in [-0.1, -0.05) is 72.1 Å². The molecule has 6 nitrogen and oxygen atoms in total. The number of para-hydroxylation sites is 2. The van der Waals surface area contributed by atoms with Gasteiger partial charge in [-0.15, -0.1) is 12.6 Å². The van der Waals surface area contributed by atoms with E-state index in [1.54, 1.807) is 55.5 Å². The number of rotatable bonds is 1. The van der Waals surface area contributed by atoms with Crippen molar-refractivity contribution in [2.24, 2.45) is 0 Å². The van der Waals surface area contributed by atoms with Crippen molar-refractivity contribution in [3.8, 4) is 0 Å². The number of hydrogen-bond donors (Lipinski definition) is 2. The Morgan fingerprint density at radius 2 is 1.29 bits per heavy atom. The first-order valence-corrected chi connectivity index (χ1v) is 13.8. The first-order valence-electron chi connectivity index (χ1n) is 10.7. The van der Waals surface area contributed by atoms with E-state index in [-0.39, 0.29) is 26.0 Å². The maximum Gasteiger partial charge on any atom is 0.203 e. The molecule has 0 spiro atoms. The van der Waals surface area contributed by atoms with Crippen molar-refractivity contribution < 1.29 is 35.4 Å². The summed E-state index contributed by atoms with van der Waals surface area (Å²) in [4.78, 5) is 0.697. The second kappa shape index (κ2) is 15.7. The maximum atomic E-state index is 11.7. The second-order valence-corrected chi connectivity index (χ2v) is 9.72. The van der Waals surface area contributed by atoms with E-state index in [4.69, 9.17) is 0 Å². The van der Waals surface area contributed by atoms with Crippen molar-refractivity contribution in [1.29, 1.82) is 0 Å². The molecule has 0 bridgehead atoms. The van der Waals surface area contributed by atoms with Crippen LogP contribution in [0.4, 0.5) is 11.4 Å². The smallest absolute Gasteiger partial charge is 0.203 e. The molecule has 0 aliphatic carbocycles. The van der Waals surface area contributed by atoms with Crippen molar-refractivity contribution in [2.75, 3.05) is 10.6 Å². The van der Waals surface area contributed by atoms with Gasteiger partial charge in [0.25, 0.3) is 0 Å². The van der Waals surface area contributed by atoms with Crippen LogP contribution in [0, 0.1) is 5.75 Å². The maximum absolute atomic E-state index is 11.7. The summed E-state index contributed by atoms with van der Waals surface area (Å²) in [6, 6.07) is 13.8. The SMILES string of the molecule is C.CC.CC.CC=C1[CH-]S(=O)(=O)c2ccccc2N1.CCC1=CS(=O)(=O)c2ccccc2N1.[V]. The fraction of sp³-hybridized carbons (Fsp3) is 0.320. The average Bonchev–Trinajstić information content (AvgIpc) is 2.81. The fourth-order valence-electron chi connectivity index (χ4n) is 2.82. The molecule has 9 heteroatoms. The molecule has 0 saturated heterocycles. The van der Waals surface area contributed by atoms with Crippen LogP contribution >= 0.6 is 0 Å². The Morgan fingerprint density at radius 1 is 0.824 bits per heavy atom. The third-order valence-electron chi connectivity index (χ3n) is 4.23. The number of benzene rings is 2. The third kappa shape index (κ3) is 8.58. The van der Waals surface area contributed by atoms with Crippen molar-refractivity contribution in [3.05, 3.63) is 77.2 Å². The minimum atomic E-state index is -3.26. The number of sulfone groups is 2. The number of nitrogens with one attached hydrogen (secondary N) is 2. The minimum absolute atomic E-state index is 0. The first kappa shape index (κ1) is 34.0. The Kier molecular flexibility index (Phi) is 15.7. The van der Waals surface area contributed by atoms with Crippen LogP contribution in [-0.4, -0.2) is 16.8 Å². The second-order valence-electron chi connectivity index (χ2n) is 6.19. The summed E-state index contributed by atoms with van der Waals surface area (Å²) in [6.07, 6.45) is 2.42. The van der Waals surface area contributed by atoms with Crippen molar-refractivity contribution in [3.63, 3.8) is 0 Å². The summed E-state index contributed by atoms with van der Waals surface area (Å²) < 4.78 is 46.9. The average molecular weight is 545 g/mol. The molecular formula is C25H37N2O4S2V-. The van der Waals surface area contributed by atoms with Gasteiger partial charge in [-0.25, -0.2) is 22.9 Å². The molecule has 4 rings (SSSR count).